The van der Waals surface area contributed by atoms with Gasteiger partial charge in [-0.25, -0.2) is 0 Å². The van der Waals surface area contributed by atoms with Crippen LogP contribution in [0.3, 0.4) is 0 Å². The van der Waals surface area contributed by atoms with Crippen molar-refractivity contribution in [3.05, 3.63) is 0 Å². The van der Waals surface area contributed by atoms with Crippen molar-refractivity contribution >= 4 is 17.6 Å². The predicted octanol–water partition coefficient (Wildman–Crippen LogP) is 1.97. The number of alkyl halides is 1. The minimum absolute atomic E-state index is 0.176. The van der Waals surface area contributed by atoms with Gasteiger partial charge in [0.2, 0.25) is 0 Å². The lowest BCUT2D eigenvalue weighted by Gasteiger charge is -2.13. The van der Waals surface area contributed by atoms with Crippen LogP contribution in [0.25, 0.3) is 0 Å². The van der Waals surface area contributed by atoms with Gasteiger partial charge in [-0.3, -0.25) is 4.79 Å². The molecular formula is C7H13ClO2. The monoisotopic (exact) mass is 164 g/mol. The van der Waals surface area contributed by atoms with Crippen molar-refractivity contribution in [1.82, 2.24) is 0 Å². The molecule has 0 aliphatic carbocycles. The molecule has 0 bridgehead atoms. The maximum atomic E-state index is 10.4. The van der Waals surface area contributed by atoms with E-state index in [1.807, 2.05) is 6.92 Å². The Balaban J connectivity index is 3.69. The van der Waals surface area contributed by atoms with Crippen molar-refractivity contribution < 1.29 is 9.90 Å². The highest BCUT2D eigenvalue weighted by Crippen LogP contribution is 2.15. The topological polar surface area (TPSA) is 37.3 Å². The molecule has 0 aromatic rings. The van der Waals surface area contributed by atoms with Crippen LogP contribution in [0.5, 0.6) is 0 Å². The standard InChI is InChI=1S/C7H13ClO2/c1-5(3-4-8)6(2)7(9)10/h5-6H,3-4H2,1-2H3,(H,9,10). The van der Waals surface area contributed by atoms with Crippen molar-refractivity contribution in [1.29, 1.82) is 0 Å². The molecule has 3 heteroatoms. The molecule has 0 fully saturated rings. The molecule has 0 aliphatic heterocycles. The number of aliphatic carboxylic acids is 1. The van der Waals surface area contributed by atoms with Gasteiger partial charge in [-0.1, -0.05) is 13.8 Å². The first-order chi connectivity index (χ1) is 4.59. The Hall–Kier alpha value is -0.240. The van der Waals surface area contributed by atoms with Gasteiger partial charge in [-0.15, -0.1) is 11.6 Å². The molecule has 0 aromatic heterocycles. The van der Waals surface area contributed by atoms with Gasteiger partial charge in [0.05, 0.1) is 5.92 Å². The Bertz CT molecular complexity index is 114. The van der Waals surface area contributed by atoms with Crippen LogP contribution in [-0.4, -0.2) is 17.0 Å². The minimum Gasteiger partial charge on any atom is -0.481 e. The Morgan fingerprint density at radius 3 is 2.40 bits per heavy atom. The lowest BCUT2D eigenvalue weighted by molar-refractivity contribution is -0.142. The zero-order valence-electron chi connectivity index (χ0n) is 6.30. The fraction of sp³-hybridized carbons (Fsp3) is 0.857. The van der Waals surface area contributed by atoms with Gasteiger partial charge in [0, 0.05) is 5.88 Å². The van der Waals surface area contributed by atoms with Crippen molar-refractivity contribution in [3.8, 4) is 0 Å². The molecule has 1 N–H and O–H groups in total. The molecular weight excluding hydrogens is 152 g/mol. The summed E-state index contributed by atoms with van der Waals surface area (Å²) >= 11 is 5.45. The van der Waals surface area contributed by atoms with Crippen molar-refractivity contribution in [2.75, 3.05) is 5.88 Å². The summed E-state index contributed by atoms with van der Waals surface area (Å²) in [5, 5.41) is 8.54. The molecule has 2 nitrogen and oxygen atoms in total. The number of carboxylic acid groups (broad SMARTS) is 1. The number of rotatable bonds is 4. The zero-order valence-corrected chi connectivity index (χ0v) is 7.06. The van der Waals surface area contributed by atoms with Crippen LogP contribution in [0.4, 0.5) is 0 Å². The van der Waals surface area contributed by atoms with E-state index in [1.165, 1.54) is 0 Å². The van der Waals surface area contributed by atoms with Crippen molar-refractivity contribution in [2.24, 2.45) is 11.8 Å². The van der Waals surface area contributed by atoms with E-state index in [4.69, 9.17) is 16.7 Å². The molecule has 0 radical (unpaired) electrons. The molecule has 0 spiro atoms. The van der Waals surface area contributed by atoms with E-state index in [-0.39, 0.29) is 11.8 Å². The van der Waals surface area contributed by atoms with E-state index in [2.05, 4.69) is 0 Å². The highest BCUT2D eigenvalue weighted by atomic mass is 35.5. The van der Waals surface area contributed by atoms with Crippen LogP contribution < -0.4 is 0 Å². The molecule has 2 unspecified atom stereocenters. The lowest BCUT2D eigenvalue weighted by atomic mass is 9.94. The quantitative estimate of drug-likeness (QED) is 0.646. The van der Waals surface area contributed by atoms with Gasteiger partial charge >= 0.3 is 5.97 Å². The average molecular weight is 165 g/mol. The van der Waals surface area contributed by atoms with Gasteiger partial charge < -0.3 is 5.11 Å². The maximum absolute atomic E-state index is 10.4. The highest BCUT2D eigenvalue weighted by molar-refractivity contribution is 6.17. The summed E-state index contributed by atoms with van der Waals surface area (Å²) in [7, 11) is 0. The molecule has 0 saturated heterocycles. The molecule has 60 valence electrons. The molecule has 0 aromatic carbocycles. The summed E-state index contributed by atoms with van der Waals surface area (Å²) in [4.78, 5) is 10.4. The van der Waals surface area contributed by atoms with Gasteiger partial charge in [0.1, 0.15) is 0 Å². The van der Waals surface area contributed by atoms with Crippen molar-refractivity contribution in [2.45, 2.75) is 20.3 Å². The molecule has 2 atom stereocenters. The maximum Gasteiger partial charge on any atom is 0.306 e. The van der Waals surface area contributed by atoms with Gasteiger partial charge in [0.25, 0.3) is 0 Å². The first kappa shape index (κ1) is 9.76. The third-order valence-corrected chi connectivity index (χ3v) is 2.03. The smallest absolute Gasteiger partial charge is 0.306 e. The molecule has 10 heavy (non-hydrogen) atoms. The first-order valence-electron chi connectivity index (χ1n) is 3.38. The van der Waals surface area contributed by atoms with E-state index < -0.39 is 5.97 Å². The third-order valence-electron chi connectivity index (χ3n) is 1.81. The second-order valence-corrected chi connectivity index (χ2v) is 2.96. The summed E-state index contributed by atoms with van der Waals surface area (Å²) in [5.74, 6) is -0.301. The summed E-state index contributed by atoms with van der Waals surface area (Å²) in [6.07, 6.45) is 0.773. The number of hydrogen-bond donors (Lipinski definition) is 1. The summed E-state index contributed by atoms with van der Waals surface area (Å²) in [6, 6.07) is 0. The Morgan fingerprint density at radius 2 is 2.10 bits per heavy atom. The second-order valence-electron chi connectivity index (χ2n) is 2.58. The Kier molecular flexibility index (Phi) is 4.45. The van der Waals surface area contributed by atoms with Crippen LogP contribution in [0.2, 0.25) is 0 Å². The van der Waals surface area contributed by atoms with Gasteiger partial charge in [0.15, 0.2) is 0 Å². The summed E-state index contributed by atoms with van der Waals surface area (Å²) in [6.45, 7) is 3.61. The first-order valence-corrected chi connectivity index (χ1v) is 3.91. The van der Waals surface area contributed by atoms with Crippen molar-refractivity contribution in [3.63, 3.8) is 0 Å². The second kappa shape index (κ2) is 4.56. The summed E-state index contributed by atoms with van der Waals surface area (Å²) < 4.78 is 0. The fourth-order valence-corrected chi connectivity index (χ4v) is 1.01. The number of carboxylic acids is 1. The van der Waals surface area contributed by atoms with E-state index >= 15 is 0 Å². The normalized spacial score (nSPS) is 16.3. The third kappa shape index (κ3) is 3.06. The van der Waals surface area contributed by atoms with Crippen LogP contribution in [0.15, 0.2) is 0 Å². The largest absolute Gasteiger partial charge is 0.481 e. The predicted molar refractivity (Wildman–Crippen MR) is 41.3 cm³/mol. The minimum atomic E-state index is -0.738. The number of carbonyl (C=O) groups is 1. The molecule has 0 saturated carbocycles. The number of hydrogen-bond acceptors (Lipinski definition) is 1. The van der Waals surface area contributed by atoms with Gasteiger partial charge in [-0.05, 0) is 12.3 Å². The SMILES string of the molecule is CC(CCCl)C(C)C(=O)O. The zero-order chi connectivity index (χ0) is 8.15. The average Bonchev–Trinajstić information content (AvgIpc) is 1.87. The lowest BCUT2D eigenvalue weighted by Crippen LogP contribution is -2.18. The molecule has 0 amide bonds. The molecule has 0 aliphatic rings. The Labute approximate surface area is 66.2 Å². The number of halogens is 1. The highest BCUT2D eigenvalue weighted by Gasteiger charge is 2.17. The van der Waals surface area contributed by atoms with E-state index in [0.29, 0.717) is 5.88 Å². The van der Waals surface area contributed by atoms with Crippen LogP contribution in [-0.2, 0) is 4.79 Å². The van der Waals surface area contributed by atoms with E-state index in [0.717, 1.165) is 6.42 Å². The van der Waals surface area contributed by atoms with Gasteiger partial charge in [-0.2, -0.15) is 0 Å². The summed E-state index contributed by atoms with van der Waals surface area (Å²) in [5.41, 5.74) is 0. The van der Waals surface area contributed by atoms with Crippen LogP contribution >= 0.6 is 11.6 Å². The fourth-order valence-electron chi connectivity index (χ4n) is 0.665. The Morgan fingerprint density at radius 1 is 1.60 bits per heavy atom. The van der Waals surface area contributed by atoms with E-state index in [1.54, 1.807) is 6.92 Å². The molecule has 0 heterocycles. The van der Waals surface area contributed by atoms with Crippen LogP contribution in [0.1, 0.15) is 20.3 Å². The van der Waals surface area contributed by atoms with E-state index in [9.17, 15) is 4.79 Å². The molecule has 0 rings (SSSR count). The van der Waals surface area contributed by atoms with Crippen LogP contribution in [0, 0.1) is 11.8 Å².